The number of nitrogens with zero attached hydrogens (tertiary/aromatic N) is 3. The third-order valence-electron chi connectivity index (χ3n) is 5.15. The Labute approximate surface area is 208 Å². The van der Waals surface area contributed by atoms with Gasteiger partial charge in [0.2, 0.25) is 5.91 Å². The predicted octanol–water partition coefficient (Wildman–Crippen LogP) is 3.76. The van der Waals surface area contributed by atoms with Crippen molar-refractivity contribution in [3.8, 4) is 11.5 Å². The Morgan fingerprint density at radius 1 is 1.09 bits per heavy atom. The van der Waals surface area contributed by atoms with Crippen molar-refractivity contribution in [3.05, 3.63) is 71.6 Å². The van der Waals surface area contributed by atoms with Gasteiger partial charge >= 0.3 is 0 Å². The number of hydrogen-bond donors (Lipinski definition) is 2. The van der Waals surface area contributed by atoms with Crippen LogP contribution in [-0.2, 0) is 17.9 Å². The molecule has 35 heavy (non-hydrogen) atoms. The van der Waals surface area contributed by atoms with E-state index in [1.807, 2.05) is 36.6 Å². The first-order valence-electron chi connectivity index (χ1n) is 10.9. The quantitative estimate of drug-likeness (QED) is 0.308. The first kappa shape index (κ1) is 25.8. The topological polar surface area (TPSA) is 107 Å². The minimum absolute atomic E-state index is 0.140. The summed E-state index contributed by atoms with van der Waals surface area (Å²) in [4.78, 5) is 25.1. The molecule has 184 valence electrons. The summed E-state index contributed by atoms with van der Waals surface area (Å²) >= 11 is 1.27. The van der Waals surface area contributed by atoms with Gasteiger partial charge in [0, 0.05) is 17.8 Å². The second-order valence-corrected chi connectivity index (χ2v) is 8.65. The van der Waals surface area contributed by atoms with Crippen LogP contribution in [0.25, 0.3) is 0 Å². The fraction of sp³-hybridized carbons (Fsp3) is 0.280. The summed E-state index contributed by atoms with van der Waals surface area (Å²) < 4.78 is 12.3. The summed E-state index contributed by atoms with van der Waals surface area (Å²) in [5.74, 6) is 1.29. The van der Waals surface area contributed by atoms with Gasteiger partial charge in [-0.2, -0.15) is 0 Å². The molecule has 10 heteroatoms. The number of methoxy groups -OCH3 is 2. The number of allylic oxidation sites excluding steroid dienone is 1. The highest BCUT2D eigenvalue weighted by Crippen LogP contribution is 2.27. The van der Waals surface area contributed by atoms with E-state index in [4.69, 9.17) is 9.47 Å². The number of thioether (sulfide) groups is 1. The molecule has 0 spiro atoms. The van der Waals surface area contributed by atoms with E-state index in [0.717, 1.165) is 16.8 Å². The van der Waals surface area contributed by atoms with Crippen LogP contribution in [0.5, 0.6) is 11.5 Å². The minimum Gasteiger partial charge on any atom is -0.493 e. The fourth-order valence-corrected chi connectivity index (χ4v) is 4.14. The van der Waals surface area contributed by atoms with Crippen LogP contribution in [0.1, 0.15) is 27.3 Å². The molecule has 1 aromatic heterocycles. The molecule has 2 aromatic carbocycles. The number of aryl methyl sites for hydroxylation is 2. The summed E-state index contributed by atoms with van der Waals surface area (Å²) in [6.45, 7) is 8.35. The second-order valence-electron chi connectivity index (χ2n) is 7.71. The summed E-state index contributed by atoms with van der Waals surface area (Å²) in [5.41, 5.74) is 3.35. The molecule has 3 aromatic rings. The van der Waals surface area contributed by atoms with E-state index >= 15 is 0 Å². The lowest BCUT2D eigenvalue weighted by Crippen LogP contribution is -2.25. The van der Waals surface area contributed by atoms with Crippen LogP contribution in [0.4, 0.5) is 5.69 Å². The Bertz CT molecular complexity index is 1220. The summed E-state index contributed by atoms with van der Waals surface area (Å²) in [5, 5.41) is 14.7. The van der Waals surface area contributed by atoms with Crippen LogP contribution in [-0.4, -0.2) is 46.6 Å². The number of rotatable bonds is 11. The van der Waals surface area contributed by atoms with Crippen LogP contribution >= 0.6 is 11.8 Å². The van der Waals surface area contributed by atoms with E-state index in [2.05, 4.69) is 27.4 Å². The van der Waals surface area contributed by atoms with Crippen LogP contribution in [0, 0.1) is 13.8 Å². The van der Waals surface area contributed by atoms with Crippen LogP contribution in [0.3, 0.4) is 0 Å². The van der Waals surface area contributed by atoms with E-state index in [0.29, 0.717) is 34.6 Å². The van der Waals surface area contributed by atoms with Gasteiger partial charge in [0.15, 0.2) is 22.5 Å². The number of carbonyl (C=O) groups is 2. The zero-order valence-corrected chi connectivity index (χ0v) is 21.1. The molecule has 0 saturated heterocycles. The van der Waals surface area contributed by atoms with Gasteiger partial charge < -0.3 is 24.7 Å². The SMILES string of the molecule is C=CCn1c(CNC(=O)c2ccc(OC)c(OC)c2)nnc1SCC(=O)Nc1ccc(C)cc1C. The molecule has 9 nitrogen and oxygen atoms in total. The number of anilines is 1. The molecule has 1 heterocycles. The zero-order valence-electron chi connectivity index (χ0n) is 20.3. The molecule has 0 bridgehead atoms. The number of carbonyl (C=O) groups excluding carboxylic acids is 2. The van der Waals surface area contributed by atoms with Crippen molar-refractivity contribution in [2.45, 2.75) is 32.1 Å². The van der Waals surface area contributed by atoms with Crippen molar-refractivity contribution >= 4 is 29.3 Å². The van der Waals surface area contributed by atoms with Crippen LogP contribution in [0.2, 0.25) is 0 Å². The lowest BCUT2D eigenvalue weighted by Gasteiger charge is -2.11. The molecule has 2 amide bonds. The minimum atomic E-state index is -0.291. The van der Waals surface area contributed by atoms with Crippen molar-refractivity contribution in [3.63, 3.8) is 0 Å². The maximum atomic E-state index is 12.7. The highest BCUT2D eigenvalue weighted by atomic mass is 32.2. The smallest absolute Gasteiger partial charge is 0.251 e. The van der Waals surface area contributed by atoms with Gasteiger partial charge in [-0.1, -0.05) is 35.5 Å². The third-order valence-corrected chi connectivity index (χ3v) is 6.11. The summed E-state index contributed by atoms with van der Waals surface area (Å²) in [6.07, 6.45) is 1.71. The number of aromatic nitrogens is 3. The standard InChI is InChI=1S/C25H29N5O4S/c1-6-11-30-22(14-26-24(32)18-8-10-20(33-4)21(13-18)34-5)28-29-25(30)35-15-23(31)27-19-9-7-16(2)12-17(19)3/h6-10,12-13H,1,11,14-15H2,2-5H3,(H,26,32)(H,27,31). The molecule has 0 aliphatic carbocycles. The summed E-state index contributed by atoms with van der Waals surface area (Å²) in [7, 11) is 3.05. The van der Waals surface area contributed by atoms with Crippen molar-refractivity contribution in [1.29, 1.82) is 0 Å². The highest BCUT2D eigenvalue weighted by molar-refractivity contribution is 7.99. The molecule has 0 fully saturated rings. The van der Waals surface area contributed by atoms with E-state index in [1.165, 1.54) is 26.0 Å². The van der Waals surface area contributed by atoms with Gasteiger partial charge in [-0.15, -0.1) is 16.8 Å². The van der Waals surface area contributed by atoms with Gasteiger partial charge in [0.1, 0.15) is 0 Å². The molecule has 2 N–H and O–H groups in total. The fourth-order valence-electron chi connectivity index (χ4n) is 3.38. The lowest BCUT2D eigenvalue weighted by molar-refractivity contribution is -0.113. The molecule has 0 saturated carbocycles. The summed E-state index contributed by atoms with van der Waals surface area (Å²) in [6, 6.07) is 10.8. The average molecular weight is 496 g/mol. The maximum Gasteiger partial charge on any atom is 0.251 e. The van der Waals surface area contributed by atoms with Crippen LogP contribution in [0.15, 0.2) is 54.2 Å². The molecule has 0 unspecified atom stereocenters. The molecule has 0 aliphatic rings. The Morgan fingerprint density at radius 2 is 1.86 bits per heavy atom. The monoisotopic (exact) mass is 495 g/mol. The number of nitrogens with one attached hydrogen (secondary N) is 2. The first-order valence-corrected chi connectivity index (χ1v) is 11.9. The largest absolute Gasteiger partial charge is 0.493 e. The molecule has 0 aliphatic heterocycles. The number of amides is 2. The van der Waals surface area contributed by atoms with Gasteiger partial charge in [-0.05, 0) is 43.7 Å². The number of benzene rings is 2. The number of ether oxygens (including phenoxy) is 2. The van der Waals surface area contributed by atoms with E-state index in [9.17, 15) is 9.59 Å². The van der Waals surface area contributed by atoms with Gasteiger partial charge in [-0.25, -0.2) is 0 Å². The Kier molecular flexibility index (Phi) is 8.91. The first-order chi connectivity index (χ1) is 16.9. The maximum absolute atomic E-state index is 12.7. The Hall–Kier alpha value is -3.79. The van der Waals surface area contributed by atoms with Crippen molar-refractivity contribution in [2.24, 2.45) is 0 Å². The molecule has 3 rings (SSSR count). The molecule has 0 radical (unpaired) electrons. The van der Waals surface area contributed by atoms with Gasteiger partial charge in [0.25, 0.3) is 5.91 Å². The van der Waals surface area contributed by atoms with Gasteiger partial charge in [-0.3, -0.25) is 9.59 Å². The van der Waals surface area contributed by atoms with Gasteiger partial charge in [0.05, 0.1) is 26.5 Å². The van der Waals surface area contributed by atoms with E-state index in [-0.39, 0.29) is 24.1 Å². The molecule has 0 atom stereocenters. The molecular formula is C25H29N5O4S. The molecular weight excluding hydrogens is 466 g/mol. The van der Waals surface area contributed by atoms with E-state index < -0.39 is 0 Å². The lowest BCUT2D eigenvalue weighted by atomic mass is 10.1. The average Bonchev–Trinajstić information content (AvgIpc) is 3.24. The Balaban J connectivity index is 1.63. The van der Waals surface area contributed by atoms with Crippen molar-refractivity contribution in [2.75, 3.05) is 25.3 Å². The van der Waals surface area contributed by atoms with E-state index in [1.54, 1.807) is 24.3 Å². The second kappa shape index (κ2) is 12.1. The Morgan fingerprint density at radius 3 is 2.54 bits per heavy atom. The third kappa shape index (κ3) is 6.63. The van der Waals surface area contributed by atoms with Crippen molar-refractivity contribution < 1.29 is 19.1 Å². The zero-order chi connectivity index (χ0) is 25.4. The predicted molar refractivity (Wildman–Crippen MR) is 136 cm³/mol. The van der Waals surface area contributed by atoms with Crippen molar-refractivity contribution in [1.82, 2.24) is 20.1 Å². The highest BCUT2D eigenvalue weighted by Gasteiger charge is 2.16. The normalized spacial score (nSPS) is 10.5. The number of hydrogen-bond acceptors (Lipinski definition) is 7. The van der Waals surface area contributed by atoms with Crippen LogP contribution < -0.4 is 20.1 Å².